The molecule has 100 valence electrons. The van der Waals surface area contributed by atoms with Gasteiger partial charge in [0.1, 0.15) is 0 Å². The van der Waals surface area contributed by atoms with Crippen molar-refractivity contribution in [2.24, 2.45) is 0 Å². The molecular weight excluding hydrogens is 244 g/mol. The number of aliphatic hydroxyl groups excluding tert-OH is 1. The highest BCUT2D eigenvalue weighted by Crippen LogP contribution is 2.12. The van der Waals surface area contributed by atoms with Crippen molar-refractivity contribution in [2.75, 3.05) is 32.8 Å². The Hall–Kier alpha value is -0.360. The van der Waals surface area contributed by atoms with Crippen LogP contribution >= 0.6 is 12.4 Å². The molecule has 1 amide bonds. The summed E-state index contributed by atoms with van der Waals surface area (Å²) in [4.78, 5) is 13.8. The summed E-state index contributed by atoms with van der Waals surface area (Å²) in [5.74, 6) is 0.182. The van der Waals surface area contributed by atoms with Crippen LogP contribution in [0.1, 0.15) is 19.3 Å². The second-order valence-electron chi connectivity index (χ2n) is 4.51. The standard InChI is InChI=1S/C11H20N2O3.ClH/c14-8-10-7-13(4-5-16-10)11(15)6-9-2-1-3-12-9;/h9-10,12,14H,1-8H2;1H. The lowest BCUT2D eigenvalue weighted by Crippen LogP contribution is -2.48. The molecule has 0 bridgehead atoms. The van der Waals surface area contributed by atoms with E-state index in [9.17, 15) is 4.79 Å². The molecule has 2 aliphatic heterocycles. The number of hydrogen-bond acceptors (Lipinski definition) is 4. The molecule has 0 aromatic rings. The number of rotatable bonds is 3. The highest BCUT2D eigenvalue weighted by atomic mass is 35.5. The first kappa shape index (κ1) is 14.7. The molecule has 0 aliphatic carbocycles. The predicted molar refractivity (Wildman–Crippen MR) is 66.3 cm³/mol. The fraction of sp³-hybridized carbons (Fsp3) is 0.909. The molecule has 5 nitrogen and oxygen atoms in total. The molecule has 0 spiro atoms. The molecule has 17 heavy (non-hydrogen) atoms. The van der Waals surface area contributed by atoms with Crippen molar-refractivity contribution in [1.82, 2.24) is 10.2 Å². The molecule has 2 rings (SSSR count). The molecule has 2 atom stereocenters. The van der Waals surface area contributed by atoms with Crippen LogP contribution in [-0.4, -0.2) is 60.9 Å². The number of nitrogens with one attached hydrogen (secondary N) is 1. The van der Waals surface area contributed by atoms with Crippen LogP contribution in [0.3, 0.4) is 0 Å². The maximum absolute atomic E-state index is 12.0. The van der Waals surface area contributed by atoms with Crippen LogP contribution in [0.4, 0.5) is 0 Å². The molecule has 2 fully saturated rings. The zero-order valence-corrected chi connectivity index (χ0v) is 10.7. The van der Waals surface area contributed by atoms with E-state index in [1.807, 2.05) is 4.90 Å². The summed E-state index contributed by atoms with van der Waals surface area (Å²) in [6, 6.07) is 0.350. The van der Waals surface area contributed by atoms with E-state index in [1.165, 1.54) is 6.42 Å². The van der Waals surface area contributed by atoms with Crippen LogP contribution in [0.2, 0.25) is 0 Å². The van der Waals surface area contributed by atoms with Crippen LogP contribution in [-0.2, 0) is 9.53 Å². The molecule has 2 unspecified atom stereocenters. The minimum absolute atomic E-state index is 0. The van der Waals surface area contributed by atoms with E-state index in [0.29, 0.717) is 32.2 Å². The number of morpholine rings is 1. The third-order valence-electron chi connectivity index (χ3n) is 3.28. The number of hydrogen-bond donors (Lipinski definition) is 2. The van der Waals surface area contributed by atoms with Gasteiger partial charge in [-0.15, -0.1) is 12.4 Å². The van der Waals surface area contributed by atoms with Gasteiger partial charge < -0.3 is 20.1 Å². The molecule has 2 heterocycles. The first-order chi connectivity index (χ1) is 7.79. The van der Waals surface area contributed by atoms with Crippen molar-refractivity contribution >= 4 is 18.3 Å². The van der Waals surface area contributed by atoms with Crippen LogP contribution in [0.15, 0.2) is 0 Å². The Labute approximate surface area is 108 Å². The molecule has 2 saturated heterocycles. The van der Waals surface area contributed by atoms with E-state index < -0.39 is 0 Å². The average Bonchev–Trinajstić information content (AvgIpc) is 2.82. The van der Waals surface area contributed by atoms with Gasteiger partial charge in [0.05, 0.1) is 19.3 Å². The Kier molecular flexibility index (Phi) is 6.19. The second kappa shape index (κ2) is 7.16. The van der Waals surface area contributed by atoms with Gasteiger partial charge in [-0.25, -0.2) is 0 Å². The van der Waals surface area contributed by atoms with Crippen molar-refractivity contribution in [3.8, 4) is 0 Å². The smallest absolute Gasteiger partial charge is 0.224 e. The van der Waals surface area contributed by atoms with Gasteiger partial charge >= 0.3 is 0 Å². The monoisotopic (exact) mass is 264 g/mol. The number of halogens is 1. The molecule has 0 aromatic heterocycles. The van der Waals surface area contributed by atoms with E-state index >= 15 is 0 Å². The van der Waals surface area contributed by atoms with Crippen LogP contribution in [0.5, 0.6) is 0 Å². The number of ether oxygens (including phenoxy) is 1. The average molecular weight is 265 g/mol. The predicted octanol–water partition coefficient (Wildman–Crippen LogP) is -0.230. The fourth-order valence-electron chi connectivity index (χ4n) is 2.33. The number of carbonyl (C=O) groups excluding carboxylic acids is 1. The summed E-state index contributed by atoms with van der Waals surface area (Å²) in [6.07, 6.45) is 2.65. The zero-order chi connectivity index (χ0) is 11.4. The van der Waals surface area contributed by atoms with Crippen molar-refractivity contribution in [1.29, 1.82) is 0 Å². The molecule has 0 radical (unpaired) electrons. The lowest BCUT2D eigenvalue weighted by molar-refractivity contribution is -0.140. The van der Waals surface area contributed by atoms with E-state index in [2.05, 4.69) is 5.32 Å². The second-order valence-corrected chi connectivity index (χ2v) is 4.51. The number of carbonyl (C=O) groups is 1. The third-order valence-corrected chi connectivity index (χ3v) is 3.28. The van der Waals surface area contributed by atoms with Gasteiger partial charge in [0.2, 0.25) is 5.91 Å². The highest BCUT2D eigenvalue weighted by Gasteiger charge is 2.26. The third kappa shape index (κ3) is 4.10. The first-order valence-corrected chi connectivity index (χ1v) is 6.03. The Morgan fingerprint density at radius 1 is 1.53 bits per heavy atom. The van der Waals surface area contributed by atoms with E-state index in [-0.39, 0.29) is 31.0 Å². The SMILES string of the molecule is Cl.O=C(CC1CCCN1)N1CCOC(CO)C1. The topological polar surface area (TPSA) is 61.8 Å². The normalized spacial score (nSPS) is 28.9. The van der Waals surface area contributed by atoms with Crippen LogP contribution < -0.4 is 5.32 Å². The molecule has 2 aliphatic rings. The van der Waals surface area contributed by atoms with Crippen molar-refractivity contribution in [3.05, 3.63) is 0 Å². The summed E-state index contributed by atoms with van der Waals surface area (Å²) in [5.41, 5.74) is 0. The minimum Gasteiger partial charge on any atom is -0.394 e. The summed E-state index contributed by atoms with van der Waals surface area (Å²) >= 11 is 0. The Morgan fingerprint density at radius 2 is 2.35 bits per heavy atom. The van der Waals surface area contributed by atoms with Gasteiger partial charge in [-0.05, 0) is 19.4 Å². The number of nitrogens with zero attached hydrogens (tertiary/aromatic N) is 1. The highest BCUT2D eigenvalue weighted by molar-refractivity contribution is 5.85. The van der Waals surface area contributed by atoms with Crippen LogP contribution in [0, 0.1) is 0 Å². The van der Waals surface area contributed by atoms with E-state index in [0.717, 1.165) is 13.0 Å². The van der Waals surface area contributed by atoms with Gasteiger partial charge in [-0.3, -0.25) is 4.79 Å². The van der Waals surface area contributed by atoms with E-state index in [1.54, 1.807) is 0 Å². The van der Waals surface area contributed by atoms with Gasteiger partial charge in [-0.2, -0.15) is 0 Å². The van der Waals surface area contributed by atoms with Crippen molar-refractivity contribution < 1.29 is 14.6 Å². The summed E-state index contributed by atoms with van der Waals surface area (Å²) in [6.45, 7) is 2.74. The lowest BCUT2D eigenvalue weighted by Gasteiger charge is -2.32. The Balaban J connectivity index is 0.00000144. The van der Waals surface area contributed by atoms with E-state index in [4.69, 9.17) is 9.84 Å². The maximum atomic E-state index is 12.0. The quantitative estimate of drug-likeness (QED) is 0.739. The molecular formula is C11H21ClN2O3. The number of aliphatic hydroxyl groups is 1. The van der Waals surface area contributed by atoms with Crippen molar-refractivity contribution in [3.63, 3.8) is 0 Å². The summed E-state index contributed by atoms with van der Waals surface area (Å²) < 4.78 is 5.32. The maximum Gasteiger partial charge on any atom is 0.224 e. The molecule has 2 N–H and O–H groups in total. The Morgan fingerprint density at radius 3 is 3.00 bits per heavy atom. The molecule has 0 aromatic carbocycles. The van der Waals surface area contributed by atoms with Crippen molar-refractivity contribution in [2.45, 2.75) is 31.4 Å². The largest absolute Gasteiger partial charge is 0.394 e. The molecule has 0 saturated carbocycles. The zero-order valence-electron chi connectivity index (χ0n) is 9.93. The van der Waals surface area contributed by atoms with Gasteiger partial charge in [0, 0.05) is 25.6 Å². The number of amides is 1. The molecule has 6 heteroatoms. The fourth-order valence-corrected chi connectivity index (χ4v) is 2.33. The summed E-state index contributed by atoms with van der Waals surface area (Å²) in [5, 5.41) is 12.3. The van der Waals surface area contributed by atoms with Crippen LogP contribution in [0.25, 0.3) is 0 Å². The summed E-state index contributed by atoms with van der Waals surface area (Å²) in [7, 11) is 0. The minimum atomic E-state index is -0.200. The first-order valence-electron chi connectivity index (χ1n) is 6.03. The Bertz CT molecular complexity index is 247. The lowest BCUT2D eigenvalue weighted by atomic mass is 10.1. The van der Waals surface area contributed by atoms with Gasteiger partial charge in [-0.1, -0.05) is 0 Å². The van der Waals surface area contributed by atoms with Gasteiger partial charge in [0.25, 0.3) is 0 Å². The van der Waals surface area contributed by atoms with Gasteiger partial charge in [0.15, 0.2) is 0 Å².